The van der Waals surface area contributed by atoms with Crippen molar-refractivity contribution in [2.24, 2.45) is 35.5 Å². The maximum atomic E-state index is 2.97. The lowest BCUT2D eigenvalue weighted by Gasteiger charge is -2.51. The second kappa shape index (κ2) is 11.3. The molecule has 1 fully saturated rings. The van der Waals surface area contributed by atoms with E-state index in [2.05, 4.69) is 105 Å². The van der Waals surface area contributed by atoms with E-state index in [-0.39, 0.29) is 0 Å². The van der Waals surface area contributed by atoms with E-state index >= 15 is 0 Å². The van der Waals surface area contributed by atoms with Crippen molar-refractivity contribution in [3.63, 3.8) is 0 Å². The van der Waals surface area contributed by atoms with Crippen molar-refractivity contribution in [2.45, 2.75) is 69.2 Å². The Morgan fingerprint density at radius 1 is 0.741 bits per heavy atom. The van der Waals surface area contributed by atoms with Gasteiger partial charge in [0.15, 0.2) is 0 Å². The van der Waals surface area contributed by atoms with Gasteiger partial charge >= 0.3 is 6.06 Å². The molecule has 0 amide bonds. The van der Waals surface area contributed by atoms with Crippen LogP contribution in [0.4, 0.5) is 0 Å². The maximum Gasteiger partial charge on any atom is 0.359 e. The van der Waals surface area contributed by atoms with Gasteiger partial charge in [-0.15, -0.1) is 0 Å². The van der Waals surface area contributed by atoms with Gasteiger partial charge in [-0.1, -0.05) is 91.0 Å². The van der Waals surface area contributed by atoms with Crippen LogP contribution in [-0.2, 0) is 0 Å². The third-order valence-corrected chi connectivity index (χ3v) is 15.2. The second-order valence-corrected chi connectivity index (χ2v) is 18.1. The molecule has 0 aromatic heterocycles. The summed E-state index contributed by atoms with van der Waals surface area (Å²) >= 11 is 2.97. The lowest BCUT2D eigenvalue weighted by molar-refractivity contribution is 0.227. The molecule has 1 aliphatic rings. The molecule has 0 spiro atoms. The molecule has 1 heterocycles. The molecule has 0 aliphatic carbocycles. The Morgan fingerprint density at radius 3 is 1.33 bits per heavy atom. The summed E-state index contributed by atoms with van der Waals surface area (Å²) in [6.45, 7) is 31.5. The summed E-state index contributed by atoms with van der Waals surface area (Å²) in [7, 11) is 0. The predicted octanol–water partition coefficient (Wildman–Crippen LogP) is 5.67. The standard InChI is InChI=1S/C22H48IN3Si/c1-17(2)11-24(12-18(3)4)27(23)25(13-19(5)6)15-21(9)22(10)16-26(27)14-20(7)8/h17-22H,11-16H2,1-10H3. The van der Waals surface area contributed by atoms with Gasteiger partial charge in [0.25, 0.3) is 0 Å². The Balaban J connectivity index is 3.44. The van der Waals surface area contributed by atoms with Crippen molar-refractivity contribution >= 4 is 27.9 Å². The average Bonchev–Trinajstić information content (AvgIpc) is 2.57. The number of halogens is 1. The van der Waals surface area contributed by atoms with E-state index < -0.39 is 6.06 Å². The number of nitrogens with zero attached hydrogens (tertiary/aromatic N) is 3. The summed E-state index contributed by atoms with van der Waals surface area (Å²) < 4.78 is 8.86. The van der Waals surface area contributed by atoms with Gasteiger partial charge in [0, 0.05) is 0 Å². The molecule has 2 atom stereocenters. The van der Waals surface area contributed by atoms with Gasteiger partial charge in [0.2, 0.25) is 0 Å². The molecule has 5 heteroatoms. The van der Waals surface area contributed by atoms with E-state index in [4.69, 9.17) is 0 Å². The van der Waals surface area contributed by atoms with Crippen molar-refractivity contribution in [1.82, 2.24) is 13.7 Å². The van der Waals surface area contributed by atoms with E-state index in [0.717, 1.165) is 11.8 Å². The predicted molar refractivity (Wildman–Crippen MR) is 132 cm³/mol. The van der Waals surface area contributed by atoms with E-state index in [1.165, 1.54) is 39.3 Å². The van der Waals surface area contributed by atoms with Crippen LogP contribution in [-0.4, -0.2) is 59.0 Å². The molecule has 1 saturated heterocycles. The smallest absolute Gasteiger partial charge is 0.291 e. The highest BCUT2D eigenvalue weighted by molar-refractivity contribution is 14.1. The van der Waals surface area contributed by atoms with Gasteiger partial charge < -0.3 is 0 Å². The minimum atomic E-state index is -1.94. The Bertz CT molecular complexity index is 368. The van der Waals surface area contributed by atoms with E-state index in [9.17, 15) is 0 Å². The van der Waals surface area contributed by atoms with Crippen LogP contribution >= 0.6 is 21.8 Å². The van der Waals surface area contributed by atoms with Crippen molar-refractivity contribution in [3.05, 3.63) is 0 Å². The SMILES string of the molecule is CC(C)CN(CC(C)C)[Si]1(I)N(CC(C)C)CC(C)C(C)CN1CC(C)C. The lowest BCUT2D eigenvalue weighted by atomic mass is 9.95. The number of rotatable bonds is 9. The molecule has 0 radical (unpaired) electrons. The molecule has 0 N–H and O–H groups in total. The molecule has 0 aromatic carbocycles. The summed E-state index contributed by atoms with van der Waals surface area (Å²) in [5, 5.41) is 0. The topological polar surface area (TPSA) is 9.72 Å². The third-order valence-electron chi connectivity index (χ3n) is 5.54. The summed E-state index contributed by atoms with van der Waals surface area (Å²) in [4.78, 5) is 0. The van der Waals surface area contributed by atoms with Gasteiger partial charge in [0.05, 0.1) is 0 Å². The third kappa shape index (κ3) is 7.54. The first-order valence-electron chi connectivity index (χ1n) is 11.3. The van der Waals surface area contributed by atoms with Gasteiger partial charge in [-0.2, -0.15) is 0 Å². The monoisotopic (exact) mass is 509 g/mol. The first-order chi connectivity index (χ1) is 12.4. The quantitative estimate of drug-likeness (QED) is 0.225. The van der Waals surface area contributed by atoms with Crippen LogP contribution in [0.3, 0.4) is 0 Å². The van der Waals surface area contributed by atoms with Gasteiger partial charge in [0.1, 0.15) is 0 Å². The molecule has 0 saturated carbocycles. The molecule has 0 bridgehead atoms. The highest BCUT2D eigenvalue weighted by Crippen LogP contribution is 2.36. The highest BCUT2D eigenvalue weighted by atomic mass is 127. The largest absolute Gasteiger partial charge is 0.359 e. The molecule has 2 unspecified atom stereocenters. The van der Waals surface area contributed by atoms with Crippen molar-refractivity contribution in [3.8, 4) is 0 Å². The summed E-state index contributed by atoms with van der Waals surface area (Å²) in [6, 6.07) is -1.94. The molecule has 1 aliphatic heterocycles. The molecule has 0 aromatic rings. The molecule has 1 rings (SSSR count). The maximum absolute atomic E-state index is 2.97. The van der Waals surface area contributed by atoms with Crippen LogP contribution in [0.15, 0.2) is 0 Å². The van der Waals surface area contributed by atoms with Crippen LogP contribution < -0.4 is 0 Å². The van der Waals surface area contributed by atoms with Crippen molar-refractivity contribution < 1.29 is 0 Å². The Labute approximate surface area is 185 Å². The van der Waals surface area contributed by atoms with Crippen LogP contribution in [0.2, 0.25) is 0 Å². The van der Waals surface area contributed by atoms with Gasteiger partial charge in [-0.25, -0.2) is 0 Å². The second-order valence-electron chi connectivity index (χ2n) is 10.8. The summed E-state index contributed by atoms with van der Waals surface area (Å²) in [6.07, 6.45) is 0. The van der Waals surface area contributed by atoms with Gasteiger partial charge in [-0.3, -0.25) is 13.7 Å². The zero-order chi connectivity index (χ0) is 20.9. The van der Waals surface area contributed by atoms with E-state index in [1.54, 1.807) is 0 Å². The van der Waals surface area contributed by atoms with Crippen LogP contribution in [0.5, 0.6) is 0 Å². The Hall–Kier alpha value is 0.827. The number of hydrogen-bond donors (Lipinski definition) is 0. The molecule has 162 valence electrons. The minimum Gasteiger partial charge on any atom is -0.291 e. The fourth-order valence-electron chi connectivity index (χ4n) is 4.34. The average molecular weight is 510 g/mol. The molecule has 3 nitrogen and oxygen atoms in total. The minimum absolute atomic E-state index is 0.711. The fraction of sp³-hybridized carbons (Fsp3) is 1.00. The normalized spacial score (nSPS) is 28.9. The van der Waals surface area contributed by atoms with E-state index in [0.29, 0.717) is 23.7 Å². The number of hydrogen-bond acceptors (Lipinski definition) is 3. The van der Waals surface area contributed by atoms with E-state index in [1.807, 2.05) is 0 Å². The lowest BCUT2D eigenvalue weighted by Crippen LogP contribution is -2.72. The fourth-order valence-corrected chi connectivity index (χ4v) is 12.5. The van der Waals surface area contributed by atoms with Crippen LogP contribution in [0.25, 0.3) is 0 Å². The van der Waals surface area contributed by atoms with Crippen molar-refractivity contribution in [1.29, 1.82) is 0 Å². The Kier molecular flexibility index (Phi) is 10.8. The molecular formula is C22H48IN3Si. The first-order valence-corrected chi connectivity index (χ1v) is 16.3. The molecule has 27 heavy (non-hydrogen) atoms. The summed E-state index contributed by atoms with van der Waals surface area (Å²) in [5.41, 5.74) is 0. The highest BCUT2D eigenvalue weighted by Gasteiger charge is 2.52. The van der Waals surface area contributed by atoms with Gasteiger partial charge in [-0.05, 0) is 74.8 Å². The van der Waals surface area contributed by atoms with Crippen LogP contribution in [0, 0.1) is 35.5 Å². The van der Waals surface area contributed by atoms with Crippen LogP contribution in [0.1, 0.15) is 69.2 Å². The zero-order valence-electron chi connectivity index (χ0n) is 19.9. The molecular weight excluding hydrogens is 461 g/mol. The summed E-state index contributed by atoms with van der Waals surface area (Å²) in [5.74, 6) is 4.39. The Morgan fingerprint density at radius 2 is 1.07 bits per heavy atom. The first kappa shape index (κ1) is 25.9. The van der Waals surface area contributed by atoms with Crippen molar-refractivity contribution in [2.75, 3.05) is 39.3 Å². The zero-order valence-corrected chi connectivity index (χ0v) is 23.1.